The lowest BCUT2D eigenvalue weighted by Gasteiger charge is -2.05. The predicted molar refractivity (Wildman–Crippen MR) is 86.4 cm³/mol. The lowest BCUT2D eigenvalue weighted by Crippen LogP contribution is -2.15. The van der Waals surface area contributed by atoms with Crippen LogP contribution in [0.5, 0.6) is 0 Å². The molecule has 0 bridgehead atoms. The Balaban J connectivity index is 2.11. The number of benzene rings is 2. The number of halogens is 3. The topological polar surface area (TPSA) is 35.1 Å². The van der Waals surface area contributed by atoms with Gasteiger partial charge in [-0.3, -0.25) is 4.57 Å². The second-order valence-electron chi connectivity index (χ2n) is 4.30. The van der Waals surface area contributed by atoms with Crippen LogP contribution in [0.25, 0.3) is 11.1 Å². The molecular formula is C14H8BrFINO2. The second-order valence-corrected chi connectivity index (χ2v) is 6.40. The molecule has 0 fully saturated rings. The molecule has 3 rings (SSSR count). The summed E-state index contributed by atoms with van der Waals surface area (Å²) in [6, 6.07) is 9.97. The van der Waals surface area contributed by atoms with Gasteiger partial charge in [0.25, 0.3) is 0 Å². The molecule has 0 saturated heterocycles. The third kappa shape index (κ3) is 2.54. The van der Waals surface area contributed by atoms with E-state index in [1.807, 2.05) is 18.2 Å². The molecule has 0 unspecified atom stereocenters. The van der Waals surface area contributed by atoms with Crippen LogP contribution >= 0.6 is 38.5 Å². The van der Waals surface area contributed by atoms with Crippen molar-refractivity contribution in [1.82, 2.24) is 4.57 Å². The van der Waals surface area contributed by atoms with Crippen molar-refractivity contribution in [3.8, 4) is 0 Å². The first-order valence-corrected chi connectivity index (χ1v) is 7.64. The monoisotopic (exact) mass is 447 g/mol. The van der Waals surface area contributed by atoms with Crippen LogP contribution in [0.3, 0.4) is 0 Å². The summed E-state index contributed by atoms with van der Waals surface area (Å²) < 4.78 is 21.5. The minimum absolute atomic E-state index is 0.320. The number of oxazole rings is 1. The van der Waals surface area contributed by atoms with Gasteiger partial charge < -0.3 is 4.42 Å². The third-order valence-electron chi connectivity index (χ3n) is 2.97. The summed E-state index contributed by atoms with van der Waals surface area (Å²) >= 11 is 5.47. The first-order chi connectivity index (χ1) is 9.54. The summed E-state index contributed by atoms with van der Waals surface area (Å²) in [5.41, 5.74) is 2.10. The number of fused-ring (bicyclic) bond motifs is 1. The molecule has 1 heterocycles. The van der Waals surface area contributed by atoms with Crippen molar-refractivity contribution in [2.24, 2.45) is 0 Å². The molecule has 0 aliphatic rings. The van der Waals surface area contributed by atoms with Gasteiger partial charge in [0.05, 0.1) is 12.1 Å². The van der Waals surface area contributed by atoms with Gasteiger partial charge in [0, 0.05) is 8.04 Å². The minimum atomic E-state index is -0.418. The number of hydrogen-bond donors (Lipinski definition) is 0. The Labute approximate surface area is 135 Å². The highest BCUT2D eigenvalue weighted by atomic mass is 127. The Morgan fingerprint density at radius 2 is 2.05 bits per heavy atom. The van der Waals surface area contributed by atoms with Crippen LogP contribution in [0.4, 0.5) is 4.39 Å². The molecule has 2 aromatic carbocycles. The first-order valence-electron chi connectivity index (χ1n) is 5.77. The van der Waals surface area contributed by atoms with Gasteiger partial charge in [0.15, 0.2) is 5.58 Å². The van der Waals surface area contributed by atoms with Crippen LogP contribution in [0.1, 0.15) is 5.56 Å². The quantitative estimate of drug-likeness (QED) is 0.553. The highest BCUT2D eigenvalue weighted by Crippen LogP contribution is 2.21. The fourth-order valence-corrected chi connectivity index (χ4v) is 2.95. The molecule has 3 aromatic rings. The van der Waals surface area contributed by atoms with Crippen LogP contribution in [-0.2, 0) is 6.54 Å². The molecule has 0 amide bonds. The smallest absolute Gasteiger partial charge is 0.408 e. The Kier molecular flexibility index (Phi) is 3.68. The van der Waals surface area contributed by atoms with E-state index < -0.39 is 5.76 Å². The molecular weight excluding hydrogens is 440 g/mol. The molecule has 0 radical (unpaired) electrons. The van der Waals surface area contributed by atoms with Gasteiger partial charge in [-0.05, 0) is 58.5 Å². The molecule has 0 aliphatic heterocycles. The maximum Gasteiger partial charge on any atom is 0.420 e. The van der Waals surface area contributed by atoms with E-state index in [1.165, 1.54) is 16.7 Å². The maximum atomic E-state index is 13.1. The van der Waals surface area contributed by atoms with Gasteiger partial charge in [-0.2, -0.15) is 0 Å². The second kappa shape index (κ2) is 5.33. The average molecular weight is 448 g/mol. The number of rotatable bonds is 2. The standard InChI is InChI=1S/C14H8BrFINO2/c15-11-5-9(16)2-1-8(11)7-18-12-4-3-10(17)6-13(12)20-14(18)19/h1-6H,7H2. The zero-order valence-corrected chi connectivity index (χ0v) is 13.8. The van der Waals surface area contributed by atoms with Crippen LogP contribution in [0, 0.1) is 9.39 Å². The van der Waals surface area contributed by atoms with Crippen molar-refractivity contribution in [3.05, 3.63) is 66.4 Å². The van der Waals surface area contributed by atoms with Crippen LogP contribution in [0.15, 0.2) is 50.1 Å². The van der Waals surface area contributed by atoms with Gasteiger partial charge in [0.1, 0.15) is 5.82 Å². The van der Waals surface area contributed by atoms with E-state index in [1.54, 1.807) is 6.07 Å². The van der Waals surface area contributed by atoms with Gasteiger partial charge in [-0.1, -0.05) is 22.0 Å². The fourth-order valence-electron chi connectivity index (χ4n) is 2.01. The van der Waals surface area contributed by atoms with Crippen molar-refractivity contribution in [2.45, 2.75) is 6.54 Å². The normalized spacial score (nSPS) is 11.2. The van der Waals surface area contributed by atoms with Gasteiger partial charge in [-0.15, -0.1) is 0 Å². The molecule has 0 N–H and O–H groups in total. The molecule has 0 atom stereocenters. The molecule has 3 nitrogen and oxygen atoms in total. The van der Waals surface area contributed by atoms with Gasteiger partial charge in [-0.25, -0.2) is 9.18 Å². The van der Waals surface area contributed by atoms with E-state index in [0.717, 1.165) is 14.7 Å². The first kappa shape index (κ1) is 13.8. The maximum absolute atomic E-state index is 13.1. The molecule has 6 heteroatoms. The Morgan fingerprint density at radius 3 is 2.80 bits per heavy atom. The largest absolute Gasteiger partial charge is 0.420 e. The van der Waals surface area contributed by atoms with E-state index in [2.05, 4.69) is 38.5 Å². The molecule has 1 aromatic heterocycles. The van der Waals surface area contributed by atoms with Crippen LogP contribution in [-0.4, -0.2) is 4.57 Å². The summed E-state index contributed by atoms with van der Waals surface area (Å²) in [4.78, 5) is 11.9. The van der Waals surface area contributed by atoms with E-state index in [9.17, 15) is 9.18 Å². The summed E-state index contributed by atoms with van der Waals surface area (Å²) in [5.74, 6) is -0.738. The highest BCUT2D eigenvalue weighted by Gasteiger charge is 2.11. The molecule has 20 heavy (non-hydrogen) atoms. The summed E-state index contributed by atoms with van der Waals surface area (Å²) in [5, 5.41) is 0. The Bertz CT molecular complexity index is 856. The van der Waals surface area contributed by atoms with E-state index in [0.29, 0.717) is 16.6 Å². The number of nitrogens with zero attached hydrogens (tertiary/aromatic N) is 1. The molecule has 0 saturated carbocycles. The number of hydrogen-bond acceptors (Lipinski definition) is 2. The summed E-state index contributed by atoms with van der Waals surface area (Å²) in [6.45, 7) is 0.327. The minimum Gasteiger partial charge on any atom is -0.408 e. The van der Waals surface area contributed by atoms with E-state index in [4.69, 9.17) is 4.42 Å². The summed E-state index contributed by atoms with van der Waals surface area (Å²) in [7, 11) is 0. The molecule has 102 valence electrons. The van der Waals surface area contributed by atoms with Crippen LogP contribution < -0.4 is 5.76 Å². The molecule has 0 aliphatic carbocycles. The summed E-state index contributed by atoms with van der Waals surface area (Å²) in [6.07, 6.45) is 0. The lowest BCUT2D eigenvalue weighted by molar-refractivity contribution is 0.517. The van der Waals surface area contributed by atoms with Crippen molar-refractivity contribution < 1.29 is 8.81 Å². The van der Waals surface area contributed by atoms with Gasteiger partial charge >= 0.3 is 5.76 Å². The van der Waals surface area contributed by atoms with Crippen molar-refractivity contribution in [3.63, 3.8) is 0 Å². The van der Waals surface area contributed by atoms with E-state index in [-0.39, 0.29) is 5.82 Å². The zero-order chi connectivity index (χ0) is 14.3. The highest BCUT2D eigenvalue weighted by molar-refractivity contribution is 14.1. The molecule has 0 spiro atoms. The van der Waals surface area contributed by atoms with Gasteiger partial charge in [0.2, 0.25) is 0 Å². The van der Waals surface area contributed by atoms with Crippen molar-refractivity contribution in [2.75, 3.05) is 0 Å². The Hall–Kier alpha value is -1.15. The predicted octanol–water partition coefficient (Wildman–Crippen LogP) is 4.15. The van der Waals surface area contributed by atoms with Crippen molar-refractivity contribution >= 4 is 49.6 Å². The third-order valence-corrected chi connectivity index (χ3v) is 4.38. The zero-order valence-electron chi connectivity index (χ0n) is 10.1. The number of aromatic nitrogens is 1. The Morgan fingerprint density at radius 1 is 1.25 bits per heavy atom. The van der Waals surface area contributed by atoms with Crippen molar-refractivity contribution in [1.29, 1.82) is 0 Å². The van der Waals surface area contributed by atoms with E-state index >= 15 is 0 Å². The van der Waals surface area contributed by atoms with Crippen LogP contribution in [0.2, 0.25) is 0 Å². The lowest BCUT2D eigenvalue weighted by atomic mass is 10.2. The fraction of sp³-hybridized carbons (Fsp3) is 0.0714. The SMILES string of the molecule is O=c1oc2cc(I)ccc2n1Cc1ccc(F)cc1Br. The average Bonchev–Trinajstić information content (AvgIpc) is 2.68.